The predicted molar refractivity (Wildman–Crippen MR) is 86.4 cm³/mol. The van der Waals surface area contributed by atoms with Gasteiger partial charge in [0, 0.05) is 6.42 Å². The summed E-state index contributed by atoms with van der Waals surface area (Å²) < 4.78 is 16.8. The molecule has 0 aromatic heterocycles. The van der Waals surface area contributed by atoms with Crippen LogP contribution in [0.3, 0.4) is 0 Å². The Bertz CT molecular complexity index is 587. The first-order chi connectivity index (χ1) is 11.2. The zero-order chi connectivity index (χ0) is 16.0. The van der Waals surface area contributed by atoms with Gasteiger partial charge in [-0.3, -0.25) is 0 Å². The van der Waals surface area contributed by atoms with Crippen molar-refractivity contribution in [3.63, 3.8) is 0 Å². The lowest BCUT2D eigenvalue weighted by Gasteiger charge is -2.23. The average molecular weight is 314 g/mol. The van der Waals surface area contributed by atoms with Gasteiger partial charge >= 0.3 is 0 Å². The van der Waals surface area contributed by atoms with Gasteiger partial charge < -0.3 is 19.3 Å². The Balaban J connectivity index is 1.40. The molecule has 1 aliphatic rings. The predicted octanol–water partition coefficient (Wildman–Crippen LogP) is 3.25. The van der Waals surface area contributed by atoms with Gasteiger partial charge in [0.15, 0.2) is 0 Å². The third-order valence-electron chi connectivity index (χ3n) is 3.86. The van der Waals surface area contributed by atoms with E-state index in [4.69, 9.17) is 14.2 Å². The standard InChI is InChI=1S/C19H22O4/c20-19(22-14-17-9-5-2-6-10-17)12-11-18(23-19)15-21-13-16-7-3-1-4-8-16/h1-10,18,20H,11-15H2. The molecule has 4 nitrogen and oxygen atoms in total. The van der Waals surface area contributed by atoms with Crippen LogP contribution in [0.4, 0.5) is 0 Å². The van der Waals surface area contributed by atoms with Gasteiger partial charge in [0.25, 0.3) is 5.97 Å². The van der Waals surface area contributed by atoms with Crippen molar-refractivity contribution in [2.24, 2.45) is 0 Å². The van der Waals surface area contributed by atoms with E-state index in [1.807, 2.05) is 60.7 Å². The fraction of sp³-hybridized carbons (Fsp3) is 0.368. The fourth-order valence-corrected chi connectivity index (χ4v) is 2.60. The zero-order valence-corrected chi connectivity index (χ0v) is 13.1. The molecule has 0 aliphatic carbocycles. The molecule has 2 atom stereocenters. The number of ether oxygens (including phenoxy) is 3. The lowest BCUT2D eigenvalue weighted by atomic mass is 10.2. The summed E-state index contributed by atoms with van der Waals surface area (Å²) in [6.45, 7) is 1.32. The van der Waals surface area contributed by atoms with Gasteiger partial charge in [0.1, 0.15) is 0 Å². The van der Waals surface area contributed by atoms with Crippen LogP contribution in [0.1, 0.15) is 24.0 Å². The highest BCUT2D eigenvalue weighted by molar-refractivity contribution is 5.14. The second-order valence-electron chi connectivity index (χ2n) is 5.77. The van der Waals surface area contributed by atoms with Crippen LogP contribution in [-0.2, 0) is 27.4 Å². The summed E-state index contributed by atoms with van der Waals surface area (Å²) in [5.41, 5.74) is 2.13. The first kappa shape index (κ1) is 16.1. The van der Waals surface area contributed by atoms with Crippen molar-refractivity contribution in [2.75, 3.05) is 6.61 Å². The molecule has 0 spiro atoms. The van der Waals surface area contributed by atoms with Crippen molar-refractivity contribution < 1.29 is 19.3 Å². The average Bonchev–Trinajstić information content (AvgIpc) is 2.97. The largest absolute Gasteiger partial charge is 0.374 e. The van der Waals surface area contributed by atoms with Crippen LogP contribution in [0.15, 0.2) is 60.7 Å². The highest BCUT2D eigenvalue weighted by Gasteiger charge is 2.39. The fourth-order valence-electron chi connectivity index (χ4n) is 2.60. The molecule has 2 aromatic carbocycles. The van der Waals surface area contributed by atoms with Crippen molar-refractivity contribution in [3.05, 3.63) is 71.8 Å². The Morgan fingerprint density at radius 2 is 1.57 bits per heavy atom. The van der Waals surface area contributed by atoms with Crippen molar-refractivity contribution >= 4 is 0 Å². The molecule has 0 bridgehead atoms. The van der Waals surface area contributed by atoms with Crippen molar-refractivity contribution in [1.82, 2.24) is 0 Å². The smallest absolute Gasteiger partial charge is 0.281 e. The molecule has 2 unspecified atom stereocenters. The molecular formula is C19H22O4. The van der Waals surface area contributed by atoms with Gasteiger partial charge in [0.05, 0.1) is 25.9 Å². The number of aliphatic hydroxyl groups is 1. The molecule has 3 rings (SSSR count). The van der Waals surface area contributed by atoms with E-state index in [9.17, 15) is 5.11 Å². The minimum atomic E-state index is -1.50. The second kappa shape index (κ2) is 7.70. The Morgan fingerprint density at radius 1 is 0.957 bits per heavy atom. The number of rotatable bonds is 7. The summed E-state index contributed by atoms with van der Waals surface area (Å²) in [6, 6.07) is 19.7. The highest BCUT2D eigenvalue weighted by atomic mass is 16.8. The summed E-state index contributed by atoms with van der Waals surface area (Å²) >= 11 is 0. The maximum Gasteiger partial charge on any atom is 0.281 e. The molecule has 0 saturated carbocycles. The third kappa shape index (κ3) is 4.88. The normalized spacial score (nSPS) is 24.0. The lowest BCUT2D eigenvalue weighted by Crippen LogP contribution is -2.33. The first-order valence-corrected chi connectivity index (χ1v) is 7.93. The van der Waals surface area contributed by atoms with E-state index in [0.29, 0.717) is 26.2 Å². The van der Waals surface area contributed by atoms with Crippen LogP contribution in [0.5, 0.6) is 0 Å². The van der Waals surface area contributed by atoms with E-state index in [-0.39, 0.29) is 6.10 Å². The van der Waals surface area contributed by atoms with Gasteiger partial charge in [-0.1, -0.05) is 60.7 Å². The van der Waals surface area contributed by atoms with Crippen LogP contribution >= 0.6 is 0 Å². The van der Waals surface area contributed by atoms with Gasteiger partial charge in [-0.05, 0) is 17.5 Å². The Labute approximate surface area is 136 Å². The molecular weight excluding hydrogens is 292 g/mol. The van der Waals surface area contributed by atoms with E-state index < -0.39 is 5.97 Å². The summed E-state index contributed by atoms with van der Waals surface area (Å²) in [5, 5.41) is 10.3. The molecule has 2 aromatic rings. The van der Waals surface area contributed by atoms with Crippen LogP contribution in [-0.4, -0.2) is 23.8 Å². The maximum atomic E-state index is 10.3. The van der Waals surface area contributed by atoms with Gasteiger partial charge in [-0.2, -0.15) is 0 Å². The molecule has 4 heteroatoms. The number of hydrogen-bond donors (Lipinski definition) is 1. The lowest BCUT2D eigenvalue weighted by molar-refractivity contribution is -0.356. The Hall–Kier alpha value is -1.72. The highest BCUT2D eigenvalue weighted by Crippen LogP contribution is 2.30. The summed E-state index contributed by atoms with van der Waals surface area (Å²) in [7, 11) is 0. The molecule has 1 fully saturated rings. The Morgan fingerprint density at radius 3 is 2.22 bits per heavy atom. The van der Waals surface area contributed by atoms with E-state index in [0.717, 1.165) is 17.5 Å². The van der Waals surface area contributed by atoms with E-state index in [1.165, 1.54) is 0 Å². The second-order valence-corrected chi connectivity index (χ2v) is 5.77. The van der Waals surface area contributed by atoms with Crippen LogP contribution in [0.2, 0.25) is 0 Å². The molecule has 0 radical (unpaired) electrons. The molecule has 1 N–H and O–H groups in total. The SMILES string of the molecule is OC1(OCc2ccccc2)CCC(COCc2ccccc2)O1. The van der Waals surface area contributed by atoms with Crippen LogP contribution in [0, 0.1) is 0 Å². The maximum absolute atomic E-state index is 10.3. The molecule has 1 heterocycles. The summed E-state index contributed by atoms with van der Waals surface area (Å²) in [6.07, 6.45) is 1.04. The molecule has 1 aliphatic heterocycles. The zero-order valence-electron chi connectivity index (χ0n) is 13.1. The minimum Gasteiger partial charge on any atom is -0.374 e. The quantitative estimate of drug-likeness (QED) is 0.797. The van der Waals surface area contributed by atoms with Gasteiger partial charge in [-0.15, -0.1) is 0 Å². The van der Waals surface area contributed by atoms with Crippen molar-refractivity contribution in [1.29, 1.82) is 0 Å². The monoisotopic (exact) mass is 314 g/mol. The summed E-state index contributed by atoms with van der Waals surface area (Å²) in [5.74, 6) is -1.50. The molecule has 122 valence electrons. The number of benzene rings is 2. The molecule has 1 saturated heterocycles. The third-order valence-corrected chi connectivity index (χ3v) is 3.86. The minimum absolute atomic E-state index is 0.139. The van der Waals surface area contributed by atoms with E-state index >= 15 is 0 Å². The summed E-state index contributed by atoms with van der Waals surface area (Å²) in [4.78, 5) is 0. The first-order valence-electron chi connectivity index (χ1n) is 7.93. The van der Waals surface area contributed by atoms with Crippen LogP contribution < -0.4 is 0 Å². The topological polar surface area (TPSA) is 47.9 Å². The van der Waals surface area contributed by atoms with E-state index in [2.05, 4.69) is 0 Å². The molecule has 0 amide bonds. The Kier molecular flexibility index (Phi) is 5.41. The van der Waals surface area contributed by atoms with Gasteiger partial charge in [-0.25, -0.2) is 0 Å². The van der Waals surface area contributed by atoms with Gasteiger partial charge in [0.2, 0.25) is 0 Å². The van der Waals surface area contributed by atoms with Crippen molar-refractivity contribution in [3.8, 4) is 0 Å². The van der Waals surface area contributed by atoms with Crippen molar-refractivity contribution in [2.45, 2.75) is 38.1 Å². The van der Waals surface area contributed by atoms with E-state index in [1.54, 1.807) is 0 Å². The van der Waals surface area contributed by atoms with Crippen LogP contribution in [0.25, 0.3) is 0 Å². The molecule has 23 heavy (non-hydrogen) atoms. The number of hydrogen-bond acceptors (Lipinski definition) is 4.